The second-order valence-corrected chi connectivity index (χ2v) is 5.08. The van der Waals surface area contributed by atoms with Gasteiger partial charge in [-0.3, -0.25) is 0 Å². The minimum Gasteiger partial charge on any atom is -0.313 e. The Hall–Kier alpha value is -1.64. The third-order valence-corrected chi connectivity index (χ3v) is 3.75. The number of benzene rings is 2. The van der Waals surface area contributed by atoms with E-state index in [1.165, 1.54) is 16.7 Å². The molecular weight excluding hydrogens is 232 g/mol. The average Bonchev–Trinajstić information content (AvgIpc) is 2.68. The summed E-state index contributed by atoms with van der Waals surface area (Å²) in [4.78, 5) is 0. The van der Waals surface area contributed by atoms with Crippen LogP contribution in [0.25, 0.3) is 0 Å². The fourth-order valence-corrected chi connectivity index (χ4v) is 2.71. The topological polar surface area (TPSA) is 24.1 Å². The quantitative estimate of drug-likeness (QED) is 0.877. The summed E-state index contributed by atoms with van der Waals surface area (Å²) in [7, 11) is 0. The minimum atomic E-state index is 0.450. The lowest BCUT2D eigenvalue weighted by Gasteiger charge is -2.19. The summed E-state index contributed by atoms with van der Waals surface area (Å²) in [6.45, 7) is 2.99. The second-order valence-electron chi connectivity index (χ2n) is 5.08. The minimum absolute atomic E-state index is 0.450. The molecule has 0 bridgehead atoms. The Bertz CT molecular complexity index is 522. The maximum absolute atomic E-state index is 3.69. The molecule has 0 saturated heterocycles. The highest BCUT2D eigenvalue weighted by atomic mass is 14.9. The summed E-state index contributed by atoms with van der Waals surface area (Å²) in [5, 5.41) is 7.19. The van der Waals surface area contributed by atoms with E-state index in [9.17, 15) is 0 Å². The molecule has 2 nitrogen and oxygen atoms in total. The normalized spacial score (nSPS) is 18.6. The summed E-state index contributed by atoms with van der Waals surface area (Å²) in [6, 6.07) is 19.8. The maximum atomic E-state index is 3.69. The van der Waals surface area contributed by atoms with Gasteiger partial charge in [0.1, 0.15) is 0 Å². The molecule has 1 atom stereocenters. The van der Waals surface area contributed by atoms with Crippen LogP contribution in [0.15, 0.2) is 54.6 Å². The van der Waals surface area contributed by atoms with Crippen LogP contribution in [0.5, 0.6) is 0 Å². The van der Waals surface area contributed by atoms with Gasteiger partial charge in [0.05, 0.1) is 0 Å². The Labute approximate surface area is 114 Å². The number of hydrogen-bond donors (Lipinski definition) is 2. The van der Waals surface area contributed by atoms with Crippen molar-refractivity contribution in [2.45, 2.75) is 25.6 Å². The van der Waals surface area contributed by atoms with Crippen LogP contribution in [0.1, 0.15) is 29.2 Å². The lowest BCUT2D eigenvalue weighted by atomic mass is 9.99. The van der Waals surface area contributed by atoms with Crippen LogP contribution in [-0.4, -0.2) is 6.54 Å². The number of fused-ring (bicyclic) bond motifs is 1. The molecule has 0 radical (unpaired) electrons. The SMILES string of the molecule is c1ccc(CNC2CCNCc3ccccc32)cc1. The molecule has 0 saturated carbocycles. The lowest BCUT2D eigenvalue weighted by Crippen LogP contribution is -2.22. The van der Waals surface area contributed by atoms with Gasteiger partial charge < -0.3 is 10.6 Å². The van der Waals surface area contributed by atoms with E-state index in [-0.39, 0.29) is 0 Å². The van der Waals surface area contributed by atoms with Gasteiger partial charge in [-0.05, 0) is 29.7 Å². The van der Waals surface area contributed by atoms with Crippen molar-refractivity contribution >= 4 is 0 Å². The van der Waals surface area contributed by atoms with Gasteiger partial charge in [0, 0.05) is 19.1 Å². The highest BCUT2D eigenvalue weighted by Gasteiger charge is 2.17. The smallest absolute Gasteiger partial charge is 0.0338 e. The molecule has 98 valence electrons. The molecule has 1 aliphatic heterocycles. The van der Waals surface area contributed by atoms with Crippen LogP contribution in [0.3, 0.4) is 0 Å². The molecule has 3 rings (SSSR count). The Morgan fingerprint density at radius 2 is 1.79 bits per heavy atom. The van der Waals surface area contributed by atoms with E-state index in [0.29, 0.717) is 6.04 Å². The molecule has 0 amide bonds. The van der Waals surface area contributed by atoms with Gasteiger partial charge in [-0.2, -0.15) is 0 Å². The van der Waals surface area contributed by atoms with Crippen molar-refractivity contribution in [1.82, 2.24) is 10.6 Å². The van der Waals surface area contributed by atoms with Gasteiger partial charge in [0.2, 0.25) is 0 Å². The van der Waals surface area contributed by atoms with Crippen molar-refractivity contribution in [1.29, 1.82) is 0 Å². The first kappa shape index (κ1) is 12.4. The Morgan fingerprint density at radius 3 is 2.68 bits per heavy atom. The molecule has 0 aromatic heterocycles. The van der Waals surface area contributed by atoms with E-state index in [1.807, 2.05) is 0 Å². The monoisotopic (exact) mass is 252 g/mol. The van der Waals surface area contributed by atoms with E-state index in [2.05, 4.69) is 65.2 Å². The summed E-state index contributed by atoms with van der Waals surface area (Å²) in [5.41, 5.74) is 4.21. The molecule has 0 spiro atoms. The van der Waals surface area contributed by atoms with Crippen LogP contribution >= 0.6 is 0 Å². The van der Waals surface area contributed by atoms with Gasteiger partial charge >= 0.3 is 0 Å². The predicted octanol–water partition coefficient (Wildman–Crippen LogP) is 3.01. The molecule has 2 N–H and O–H groups in total. The van der Waals surface area contributed by atoms with Crippen LogP contribution in [0.4, 0.5) is 0 Å². The van der Waals surface area contributed by atoms with Crippen molar-refractivity contribution in [3.63, 3.8) is 0 Å². The summed E-state index contributed by atoms with van der Waals surface area (Å²) < 4.78 is 0. The van der Waals surface area contributed by atoms with Crippen LogP contribution in [0.2, 0.25) is 0 Å². The standard InChI is InChI=1S/C17H20N2/c1-2-6-14(7-3-1)12-19-17-10-11-18-13-15-8-4-5-9-16(15)17/h1-9,17-19H,10-13H2. The molecule has 0 aliphatic carbocycles. The zero-order chi connectivity index (χ0) is 12.9. The van der Waals surface area contributed by atoms with E-state index in [4.69, 9.17) is 0 Å². The Kier molecular flexibility index (Phi) is 3.92. The molecule has 2 aromatic carbocycles. The number of hydrogen-bond acceptors (Lipinski definition) is 2. The molecule has 19 heavy (non-hydrogen) atoms. The molecule has 2 heteroatoms. The van der Waals surface area contributed by atoms with Crippen molar-refractivity contribution in [3.05, 3.63) is 71.3 Å². The summed E-state index contributed by atoms with van der Waals surface area (Å²) in [5.74, 6) is 0. The van der Waals surface area contributed by atoms with Gasteiger partial charge in [0.15, 0.2) is 0 Å². The Morgan fingerprint density at radius 1 is 1.00 bits per heavy atom. The second kappa shape index (κ2) is 6.00. The van der Waals surface area contributed by atoms with Gasteiger partial charge in [-0.25, -0.2) is 0 Å². The lowest BCUT2D eigenvalue weighted by molar-refractivity contribution is 0.496. The predicted molar refractivity (Wildman–Crippen MR) is 78.8 cm³/mol. The molecule has 1 unspecified atom stereocenters. The zero-order valence-electron chi connectivity index (χ0n) is 11.1. The van der Waals surface area contributed by atoms with Crippen LogP contribution in [0, 0.1) is 0 Å². The molecule has 2 aromatic rings. The maximum Gasteiger partial charge on any atom is 0.0338 e. The van der Waals surface area contributed by atoms with Crippen molar-refractivity contribution < 1.29 is 0 Å². The summed E-state index contributed by atoms with van der Waals surface area (Å²) >= 11 is 0. The fraction of sp³-hybridized carbons (Fsp3) is 0.294. The molecule has 0 fully saturated rings. The number of rotatable bonds is 3. The average molecular weight is 252 g/mol. The fourth-order valence-electron chi connectivity index (χ4n) is 2.71. The van der Waals surface area contributed by atoms with E-state index < -0.39 is 0 Å². The molecule has 1 heterocycles. The zero-order valence-corrected chi connectivity index (χ0v) is 11.1. The first-order chi connectivity index (χ1) is 9.43. The van der Waals surface area contributed by atoms with Crippen LogP contribution < -0.4 is 10.6 Å². The third kappa shape index (κ3) is 3.03. The van der Waals surface area contributed by atoms with Crippen molar-refractivity contribution in [2.24, 2.45) is 0 Å². The largest absolute Gasteiger partial charge is 0.313 e. The number of nitrogens with one attached hydrogen (secondary N) is 2. The van der Waals surface area contributed by atoms with Crippen molar-refractivity contribution in [3.8, 4) is 0 Å². The highest BCUT2D eigenvalue weighted by Crippen LogP contribution is 2.23. The van der Waals surface area contributed by atoms with E-state index in [1.54, 1.807) is 0 Å². The first-order valence-corrected chi connectivity index (χ1v) is 6.99. The van der Waals surface area contributed by atoms with E-state index >= 15 is 0 Å². The van der Waals surface area contributed by atoms with Crippen LogP contribution in [-0.2, 0) is 13.1 Å². The first-order valence-electron chi connectivity index (χ1n) is 6.99. The van der Waals surface area contributed by atoms with Crippen molar-refractivity contribution in [2.75, 3.05) is 6.54 Å². The van der Waals surface area contributed by atoms with Gasteiger partial charge in [-0.1, -0.05) is 54.6 Å². The van der Waals surface area contributed by atoms with Gasteiger partial charge in [-0.15, -0.1) is 0 Å². The molecular formula is C17H20N2. The Balaban J connectivity index is 1.74. The van der Waals surface area contributed by atoms with E-state index in [0.717, 1.165) is 26.1 Å². The summed E-state index contributed by atoms with van der Waals surface area (Å²) in [6.07, 6.45) is 1.14. The highest BCUT2D eigenvalue weighted by molar-refractivity contribution is 5.31. The third-order valence-electron chi connectivity index (χ3n) is 3.75. The van der Waals surface area contributed by atoms with Gasteiger partial charge in [0.25, 0.3) is 0 Å². The molecule has 1 aliphatic rings.